The number of aromatic nitrogens is 2. The number of amides is 1. The molecule has 3 heterocycles. The molecule has 0 spiro atoms. The molecular formula is C16H15N3OS. The quantitative estimate of drug-likeness (QED) is 0.790. The lowest BCUT2D eigenvalue weighted by molar-refractivity contribution is 0.0932. The van der Waals surface area contributed by atoms with Crippen molar-refractivity contribution in [2.75, 3.05) is 0 Å². The van der Waals surface area contributed by atoms with Crippen LogP contribution in [0.4, 0.5) is 0 Å². The predicted octanol–water partition coefficient (Wildman–Crippen LogP) is 2.84. The first-order valence-electron chi connectivity index (χ1n) is 7.09. The van der Waals surface area contributed by atoms with E-state index in [9.17, 15) is 4.79 Å². The van der Waals surface area contributed by atoms with Crippen LogP contribution in [0, 0.1) is 0 Å². The largest absolute Gasteiger partial charge is 0.347 e. The molecule has 0 bridgehead atoms. The molecule has 0 fully saturated rings. The lowest BCUT2D eigenvalue weighted by Crippen LogP contribution is -2.40. The zero-order chi connectivity index (χ0) is 14.2. The molecule has 2 aromatic heterocycles. The third kappa shape index (κ3) is 2.34. The molecule has 1 amide bonds. The number of thiophene rings is 1. The SMILES string of the molecule is O=C(N[C@H]1CCc2nccn2C1)c1cc2ccccc2s1. The molecule has 0 saturated heterocycles. The molecule has 0 radical (unpaired) electrons. The molecule has 1 N–H and O–H groups in total. The number of hydrogen-bond acceptors (Lipinski definition) is 3. The summed E-state index contributed by atoms with van der Waals surface area (Å²) < 4.78 is 3.28. The zero-order valence-electron chi connectivity index (χ0n) is 11.5. The van der Waals surface area contributed by atoms with Gasteiger partial charge in [0.05, 0.1) is 4.88 Å². The van der Waals surface area contributed by atoms with Gasteiger partial charge in [-0.1, -0.05) is 18.2 Å². The van der Waals surface area contributed by atoms with Gasteiger partial charge in [-0.3, -0.25) is 4.79 Å². The molecule has 0 saturated carbocycles. The third-order valence-electron chi connectivity index (χ3n) is 3.92. The number of carbonyl (C=O) groups is 1. The van der Waals surface area contributed by atoms with Crippen molar-refractivity contribution in [3.63, 3.8) is 0 Å². The second-order valence-corrected chi connectivity index (χ2v) is 6.44. The average Bonchev–Trinajstić information content (AvgIpc) is 3.13. The van der Waals surface area contributed by atoms with Gasteiger partial charge in [-0.15, -0.1) is 11.3 Å². The van der Waals surface area contributed by atoms with E-state index in [-0.39, 0.29) is 11.9 Å². The first kappa shape index (κ1) is 12.6. The minimum absolute atomic E-state index is 0.0322. The monoisotopic (exact) mass is 297 g/mol. The fraction of sp³-hybridized carbons (Fsp3) is 0.250. The van der Waals surface area contributed by atoms with Crippen molar-refractivity contribution in [2.24, 2.45) is 0 Å². The van der Waals surface area contributed by atoms with E-state index in [1.165, 1.54) is 0 Å². The maximum absolute atomic E-state index is 12.4. The van der Waals surface area contributed by atoms with Crippen molar-refractivity contribution in [3.05, 3.63) is 53.4 Å². The molecular weight excluding hydrogens is 282 g/mol. The van der Waals surface area contributed by atoms with E-state index in [0.29, 0.717) is 0 Å². The van der Waals surface area contributed by atoms with Gasteiger partial charge < -0.3 is 9.88 Å². The van der Waals surface area contributed by atoms with Gasteiger partial charge in [-0.25, -0.2) is 4.98 Å². The summed E-state index contributed by atoms with van der Waals surface area (Å²) in [7, 11) is 0. The Hall–Kier alpha value is -2.14. The maximum Gasteiger partial charge on any atom is 0.261 e. The van der Waals surface area contributed by atoms with Crippen LogP contribution in [0.1, 0.15) is 21.9 Å². The van der Waals surface area contributed by atoms with Crippen molar-refractivity contribution in [1.82, 2.24) is 14.9 Å². The fourth-order valence-electron chi connectivity index (χ4n) is 2.83. The minimum atomic E-state index is 0.0322. The summed E-state index contributed by atoms with van der Waals surface area (Å²) in [6, 6.07) is 10.3. The highest BCUT2D eigenvalue weighted by atomic mass is 32.1. The molecule has 0 unspecified atom stereocenters. The summed E-state index contributed by atoms with van der Waals surface area (Å²) in [4.78, 5) is 17.5. The van der Waals surface area contributed by atoms with Crippen LogP contribution < -0.4 is 5.32 Å². The van der Waals surface area contributed by atoms with Gasteiger partial charge in [0.1, 0.15) is 5.82 Å². The van der Waals surface area contributed by atoms with Crippen LogP contribution >= 0.6 is 11.3 Å². The van der Waals surface area contributed by atoms with Crippen LogP contribution in [0.25, 0.3) is 10.1 Å². The molecule has 0 aliphatic carbocycles. The van der Waals surface area contributed by atoms with Gasteiger partial charge in [-0.05, 0) is 23.9 Å². The Morgan fingerprint density at radius 3 is 3.19 bits per heavy atom. The predicted molar refractivity (Wildman–Crippen MR) is 83.6 cm³/mol. The summed E-state index contributed by atoms with van der Waals surface area (Å²) >= 11 is 1.55. The Balaban J connectivity index is 1.51. The van der Waals surface area contributed by atoms with Crippen molar-refractivity contribution >= 4 is 27.3 Å². The highest BCUT2D eigenvalue weighted by Gasteiger charge is 2.21. The summed E-state index contributed by atoms with van der Waals surface area (Å²) in [5.41, 5.74) is 0. The summed E-state index contributed by atoms with van der Waals surface area (Å²) in [6.07, 6.45) is 5.68. The number of fused-ring (bicyclic) bond motifs is 2. The zero-order valence-corrected chi connectivity index (χ0v) is 12.3. The first-order valence-corrected chi connectivity index (χ1v) is 7.91. The molecule has 106 valence electrons. The number of carbonyl (C=O) groups excluding carboxylic acids is 1. The van der Waals surface area contributed by atoms with E-state index in [2.05, 4.69) is 20.9 Å². The molecule has 1 aliphatic rings. The molecule has 3 aromatic rings. The van der Waals surface area contributed by atoms with Crippen LogP contribution in [-0.4, -0.2) is 21.5 Å². The smallest absolute Gasteiger partial charge is 0.261 e. The Morgan fingerprint density at radius 1 is 1.38 bits per heavy atom. The standard InChI is InChI=1S/C16H15N3OS/c20-16(14-9-11-3-1-2-4-13(11)21-14)18-12-5-6-15-17-7-8-19(15)10-12/h1-4,7-9,12H,5-6,10H2,(H,18,20)/t12-/m0/s1. The summed E-state index contributed by atoms with van der Waals surface area (Å²) in [5, 5.41) is 4.28. The average molecular weight is 297 g/mol. The number of benzene rings is 1. The number of nitrogens with one attached hydrogen (secondary N) is 1. The van der Waals surface area contributed by atoms with Gasteiger partial charge in [0.15, 0.2) is 0 Å². The molecule has 4 rings (SSSR count). The number of imidazole rings is 1. The van der Waals surface area contributed by atoms with E-state index >= 15 is 0 Å². The van der Waals surface area contributed by atoms with Gasteiger partial charge >= 0.3 is 0 Å². The highest BCUT2D eigenvalue weighted by molar-refractivity contribution is 7.20. The summed E-state index contributed by atoms with van der Waals surface area (Å²) in [5.74, 6) is 1.15. The minimum Gasteiger partial charge on any atom is -0.347 e. The van der Waals surface area contributed by atoms with E-state index in [1.54, 1.807) is 11.3 Å². The van der Waals surface area contributed by atoms with Crippen molar-refractivity contribution < 1.29 is 4.79 Å². The number of aryl methyl sites for hydroxylation is 1. The molecule has 1 aliphatic heterocycles. The molecule has 1 aromatic carbocycles. The van der Waals surface area contributed by atoms with Crippen molar-refractivity contribution in [3.8, 4) is 0 Å². The Morgan fingerprint density at radius 2 is 2.29 bits per heavy atom. The molecule has 21 heavy (non-hydrogen) atoms. The second-order valence-electron chi connectivity index (χ2n) is 5.35. The maximum atomic E-state index is 12.4. The lowest BCUT2D eigenvalue weighted by atomic mass is 10.1. The van der Waals surface area contributed by atoms with E-state index in [0.717, 1.165) is 40.2 Å². The van der Waals surface area contributed by atoms with Crippen LogP contribution in [-0.2, 0) is 13.0 Å². The van der Waals surface area contributed by atoms with E-state index in [4.69, 9.17) is 0 Å². The van der Waals surface area contributed by atoms with Crippen LogP contribution in [0.3, 0.4) is 0 Å². The van der Waals surface area contributed by atoms with Gasteiger partial charge in [0.25, 0.3) is 5.91 Å². The van der Waals surface area contributed by atoms with E-state index < -0.39 is 0 Å². The van der Waals surface area contributed by atoms with Crippen LogP contribution in [0.15, 0.2) is 42.7 Å². The van der Waals surface area contributed by atoms with Crippen LogP contribution in [0.5, 0.6) is 0 Å². The molecule has 5 heteroatoms. The van der Waals surface area contributed by atoms with Gasteiger partial charge in [-0.2, -0.15) is 0 Å². The Bertz CT molecular complexity index is 772. The second kappa shape index (κ2) is 5.00. The highest BCUT2D eigenvalue weighted by Crippen LogP contribution is 2.25. The topological polar surface area (TPSA) is 46.9 Å². The third-order valence-corrected chi connectivity index (χ3v) is 5.03. The van der Waals surface area contributed by atoms with Crippen LogP contribution in [0.2, 0.25) is 0 Å². The number of rotatable bonds is 2. The van der Waals surface area contributed by atoms with Gasteiger partial charge in [0, 0.05) is 36.1 Å². The first-order chi connectivity index (χ1) is 10.3. The molecule has 4 nitrogen and oxygen atoms in total. The lowest BCUT2D eigenvalue weighted by Gasteiger charge is -2.24. The molecule has 1 atom stereocenters. The Labute approximate surface area is 126 Å². The fourth-order valence-corrected chi connectivity index (χ4v) is 3.80. The van der Waals surface area contributed by atoms with E-state index in [1.807, 2.05) is 36.7 Å². The summed E-state index contributed by atoms with van der Waals surface area (Å²) in [6.45, 7) is 0.811. The normalized spacial score (nSPS) is 17.6. The van der Waals surface area contributed by atoms with Crippen molar-refractivity contribution in [1.29, 1.82) is 0 Å². The van der Waals surface area contributed by atoms with Gasteiger partial charge in [0.2, 0.25) is 0 Å². The Kier molecular flexibility index (Phi) is 3.00. The number of nitrogens with zero attached hydrogens (tertiary/aromatic N) is 2. The number of hydrogen-bond donors (Lipinski definition) is 1. The van der Waals surface area contributed by atoms with Crippen molar-refractivity contribution in [2.45, 2.75) is 25.4 Å².